The summed E-state index contributed by atoms with van der Waals surface area (Å²) in [5, 5.41) is 3.53. The maximum Gasteiger partial charge on any atom is 0.251 e. The molecule has 0 fully saturated rings. The number of aromatic nitrogens is 2. The summed E-state index contributed by atoms with van der Waals surface area (Å²) in [6.07, 6.45) is 0. The van der Waals surface area contributed by atoms with Gasteiger partial charge in [-0.15, -0.1) is 0 Å². The van der Waals surface area contributed by atoms with Gasteiger partial charge < -0.3 is 9.88 Å². The molecule has 0 saturated heterocycles. The van der Waals surface area contributed by atoms with Crippen LogP contribution in [-0.2, 0) is 4.79 Å². The first-order valence-corrected chi connectivity index (χ1v) is 8.80. The molecule has 2 unspecified atom stereocenters. The molecule has 1 amide bonds. The number of ketones is 1. The van der Waals surface area contributed by atoms with Crippen molar-refractivity contribution in [3.05, 3.63) is 64.9 Å². The fraction of sp³-hybridized carbons (Fsp3) is 0.250. The number of carbonyl (C=O) groups excluding carboxylic acids is 2. The van der Waals surface area contributed by atoms with Crippen molar-refractivity contribution in [3.8, 4) is 0 Å². The molecule has 1 N–H and O–H groups in total. The third-order valence-electron chi connectivity index (χ3n) is 4.44. The van der Waals surface area contributed by atoms with Crippen LogP contribution in [0.2, 0.25) is 5.02 Å². The number of para-hydroxylation sites is 2. The van der Waals surface area contributed by atoms with Gasteiger partial charge in [-0.05, 0) is 57.2 Å². The molecule has 0 radical (unpaired) electrons. The summed E-state index contributed by atoms with van der Waals surface area (Å²) in [6.45, 7) is 5.26. The van der Waals surface area contributed by atoms with E-state index in [0.717, 1.165) is 11.0 Å². The lowest BCUT2D eigenvalue weighted by Gasteiger charge is -2.19. The number of benzene rings is 2. The van der Waals surface area contributed by atoms with Crippen LogP contribution in [0.5, 0.6) is 0 Å². The quantitative estimate of drug-likeness (QED) is 0.728. The molecule has 3 rings (SSSR count). The van der Waals surface area contributed by atoms with Crippen LogP contribution < -0.4 is 5.32 Å². The van der Waals surface area contributed by atoms with Gasteiger partial charge in [-0.1, -0.05) is 23.7 Å². The Morgan fingerprint density at radius 1 is 1.08 bits per heavy atom. The monoisotopic (exact) mass is 369 g/mol. The third-order valence-corrected chi connectivity index (χ3v) is 4.69. The van der Waals surface area contributed by atoms with Crippen molar-refractivity contribution in [2.75, 3.05) is 0 Å². The van der Waals surface area contributed by atoms with Gasteiger partial charge in [0.1, 0.15) is 5.82 Å². The van der Waals surface area contributed by atoms with E-state index in [1.165, 1.54) is 0 Å². The Balaban J connectivity index is 1.96. The molecule has 0 saturated carbocycles. The molecule has 2 atom stereocenters. The molecule has 26 heavy (non-hydrogen) atoms. The van der Waals surface area contributed by atoms with Gasteiger partial charge in [0.2, 0.25) is 0 Å². The summed E-state index contributed by atoms with van der Waals surface area (Å²) in [5.41, 5.74) is 2.18. The van der Waals surface area contributed by atoms with Gasteiger partial charge in [-0.25, -0.2) is 4.98 Å². The van der Waals surface area contributed by atoms with E-state index in [1.54, 1.807) is 31.2 Å². The van der Waals surface area contributed by atoms with E-state index in [0.29, 0.717) is 16.4 Å². The summed E-state index contributed by atoms with van der Waals surface area (Å²) < 4.78 is 1.89. The predicted octanol–water partition coefficient (Wildman–Crippen LogP) is 4.33. The Morgan fingerprint density at radius 2 is 1.73 bits per heavy atom. The average Bonchev–Trinajstić information content (AvgIpc) is 3.01. The summed E-state index contributed by atoms with van der Waals surface area (Å²) in [4.78, 5) is 29.2. The number of imidazole rings is 1. The fourth-order valence-electron chi connectivity index (χ4n) is 2.90. The molecule has 1 aromatic heterocycles. The Labute approximate surface area is 157 Å². The van der Waals surface area contributed by atoms with E-state index < -0.39 is 0 Å². The zero-order valence-corrected chi connectivity index (χ0v) is 15.6. The van der Waals surface area contributed by atoms with Gasteiger partial charge >= 0.3 is 0 Å². The second kappa shape index (κ2) is 7.30. The van der Waals surface area contributed by atoms with Crippen molar-refractivity contribution >= 4 is 34.3 Å². The van der Waals surface area contributed by atoms with Crippen molar-refractivity contribution < 1.29 is 9.59 Å². The first-order valence-electron chi connectivity index (χ1n) is 8.42. The van der Waals surface area contributed by atoms with Crippen LogP contribution in [0, 0.1) is 0 Å². The molecule has 0 bridgehead atoms. The number of Topliss-reactive ketones (excluding diaryl/α,β-unsaturated/α-hetero) is 1. The molecular formula is C20H20ClN3O2. The lowest BCUT2D eigenvalue weighted by molar-refractivity contribution is -0.119. The van der Waals surface area contributed by atoms with E-state index in [2.05, 4.69) is 10.3 Å². The average molecular weight is 370 g/mol. The van der Waals surface area contributed by atoms with Crippen LogP contribution in [0.3, 0.4) is 0 Å². The van der Waals surface area contributed by atoms with Crippen molar-refractivity contribution in [3.63, 3.8) is 0 Å². The highest BCUT2D eigenvalue weighted by atomic mass is 35.5. The molecule has 134 valence electrons. The van der Waals surface area contributed by atoms with Gasteiger partial charge in [0, 0.05) is 10.6 Å². The lowest BCUT2D eigenvalue weighted by Crippen LogP contribution is -2.30. The van der Waals surface area contributed by atoms with Crippen molar-refractivity contribution in [1.29, 1.82) is 0 Å². The molecular weight excluding hydrogens is 350 g/mol. The first-order chi connectivity index (χ1) is 12.4. The number of carbonyl (C=O) groups is 2. The number of nitrogens with zero attached hydrogens (tertiary/aromatic N) is 2. The molecule has 0 aliphatic heterocycles. The smallest absolute Gasteiger partial charge is 0.251 e. The minimum atomic E-state index is -0.368. The number of nitrogens with one attached hydrogen (secondary N) is 1. The second-order valence-electron chi connectivity index (χ2n) is 6.32. The van der Waals surface area contributed by atoms with E-state index >= 15 is 0 Å². The zero-order valence-electron chi connectivity index (χ0n) is 14.9. The Hall–Kier alpha value is -2.66. The zero-order chi connectivity index (χ0) is 18.8. The topological polar surface area (TPSA) is 64.0 Å². The van der Waals surface area contributed by atoms with Gasteiger partial charge in [0.15, 0.2) is 5.78 Å². The van der Waals surface area contributed by atoms with Crippen LogP contribution in [0.15, 0.2) is 48.5 Å². The summed E-state index contributed by atoms with van der Waals surface area (Å²) in [6, 6.07) is 13.6. The van der Waals surface area contributed by atoms with E-state index in [9.17, 15) is 9.59 Å². The molecule has 3 aromatic rings. The Bertz CT molecular complexity index is 963. The Morgan fingerprint density at radius 3 is 2.38 bits per heavy atom. The highest BCUT2D eigenvalue weighted by molar-refractivity contribution is 6.30. The second-order valence-corrected chi connectivity index (χ2v) is 6.75. The molecule has 6 heteroatoms. The molecule has 2 aromatic carbocycles. The largest absolute Gasteiger partial charge is 0.342 e. The normalized spacial score (nSPS) is 13.4. The number of fused-ring (bicyclic) bond motifs is 1. The van der Waals surface area contributed by atoms with Crippen molar-refractivity contribution in [2.24, 2.45) is 0 Å². The van der Waals surface area contributed by atoms with Crippen LogP contribution in [0.25, 0.3) is 11.0 Å². The number of halogens is 1. The standard InChI is InChI=1S/C20H20ClN3O2/c1-12(22-20(26)15-8-10-16(21)11-9-15)19-23-17-6-4-5-7-18(17)24(19)13(2)14(3)25/h4-13H,1-3H3,(H,22,26). The van der Waals surface area contributed by atoms with Crippen LogP contribution in [0.1, 0.15) is 49.0 Å². The van der Waals surface area contributed by atoms with Crippen molar-refractivity contribution in [2.45, 2.75) is 32.9 Å². The molecule has 1 heterocycles. The number of hydrogen-bond acceptors (Lipinski definition) is 3. The maximum absolute atomic E-state index is 12.5. The van der Waals surface area contributed by atoms with Crippen LogP contribution in [-0.4, -0.2) is 21.2 Å². The van der Waals surface area contributed by atoms with Crippen LogP contribution in [0.4, 0.5) is 0 Å². The SMILES string of the molecule is CC(=O)C(C)n1c(C(C)NC(=O)c2ccc(Cl)cc2)nc2ccccc21. The lowest BCUT2D eigenvalue weighted by atomic mass is 10.1. The fourth-order valence-corrected chi connectivity index (χ4v) is 3.03. The molecule has 0 aliphatic rings. The summed E-state index contributed by atoms with van der Waals surface area (Å²) in [5.74, 6) is 0.463. The predicted molar refractivity (Wildman–Crippen MR) is 102 cm³/mol. The minimum absolute atomic E-state index is 0.0330. The number of hydrogen-bond donors (Lipinski definition) is 1. The van der Waals surface area contributed by atoms with Gasteiger partial charge in [0.25, 0.3) is 5.91 Å². The van der Waals surface area contributed by atoms with E-state index in [4.69, 9.17) is 11.6 Å². The molecule has 0 spiro atoms. The maximum atomic E-state index is 12.5. The van der Waals surface area contributed by atoms with E-state index in [1.807, 2.05) is 42.7 Å². The number of rotatable bonds is 5. The van der Waals surface area contributed by atoms with E-state index in [-0.39, 0.29) is 23.8 Å². The summed E-state index contributed by atoms with van der Waals surface area (Å²) >= 11 is 5.87. The van der Waals surface area contributed by atoms with Crippen molar-refractivity contribution in [1.82, 2.24) is 14.9 Å². The first kappa shape index (κ1) is 18.1. The molecule has 0 aliphatic carbocycles. The number of amides is 1. The highest BCUT2D eigenvalue weighted by Crippen LogP contribution is 2.26. The molecule has 5 nitrogen and oxygen atoms in total. The highest BCUT2D eigenvalue weighted by Gasteiger charge is 2.23. The van der Waals surface area contributed by atoms with Gasteiger partial charge in [0.05, 0.1) is 23.1 Å². The minimum Gasteiger partial charge on any atom is -0.342 e. The Kier molecular flexibility index (Phi) is 5.09. The van der Waals surface area contributed by atoms with Gasteiger partial charge in [-0.2, -0.15) is 0 Å². The van der Waals surface area contributed by atoms with Crippen LogP contribution >= 0.6 is 11.6 Å². The van der Waals surface area contributed by atoms with Gasteiger partial charge in [-0.3, -0.25) is 9.59 Å². The third kappa shape index (κ3) is 3.48. The summed E-state index contributed by atoms with van der Waals surface area (Å²) in [7, 11) is 0.